The molecule has 3 heterocycles. The first kappa shape index (κ1) is 14.1. The summed E-state index contributed by atoms with van der Waals surface area (Å²) in [6.45, 7) is 2.89. The standard InChI is InChI=1S/C16H13FN4OS/c1-2-21-12-5-3-4-11(17)14(12)19-13(21)8-20-9-18-15-10(16(20)22)6-7-23-15/h3-7,9H,2,8H2,1H3. The van der Waals surface area contributed by atoms with Crippen molar-refractivity contribution in [3.63, 3.8) is 0 Å². The van der Waals surface area contributed by atoms with E-state index >= 15 is 0 Å². The van der Waals surface area contributed by atoms with E-state index in [9.17, 15) is 9.18 Å². The molecule has 5 nitrogen and oxygen atoms in total. The summed E-state index contributed by atoms with van der Waals surface area (Å²) >= 11 is 1.44. The summed E-state index contributed by atoms with van der Waals surface area (Å²) in [5.74, 6) is 0.292. The first-order chi connectivity index (χ1) is 11.2. The number of aryl methyl sites for hydroxylation is 1. The van der Waals surface area contributed by atoms with Crippen LogP contribution >= 0.6 is 11.3 Å². The Hall–Kier alpha value is -2.54. The van der Waals surface area contributed by atoms with Crippen LogP contribution in [-0.4, -0.2) is 19.1 Å². The zero-order chi connectivity index (χ0) is 16.0. The van der Waals surface area contributed by atoms with Crippen molar-refractivity contribution in [2.45, 2.75) is 20.0 Å². The fourth-order valence-corrected chi connectivity index (χ4v) is 3.52. The fourth-order valence-electron chi connectivity index (χ4n) is 2.79. The maximum absolute atomic E-state index is 13.9. The van der Waals surface area contributed by atoms with Crippen molar-refractivity contribution in [3.05, 3.63) is 58.0 Å². The molecular weight excluding hydrogens is 315 g/mol. The van der Waals surface area contributed by atoms with Gasteiger partial charge in [0, 0.05) is 6.54 Å². The van der Waals surface area contributed by atoms with Gasteiger partial charge >= 0.3 is 0 Å². The molecule has 0 aliphatic rings. The Morgan fingerprint density at radius 2 is 2.17 bits per heavy atom. The topological polar surface area (TPSA) is 52.7 Å². The van der Waals surface area contributed by atoms with E-state index < -0.39 is 0 Å². The van der Waals surface area contributed by atoms with E-state index in [1.54, 1.807) is 12.1 Å². The molecule has 3 aromatic heterocycles. The molecule has 0 spiro atoms. The molecule has 0 aliphatic heterocycles. The van der Waals surface area contributed by atoms with Crippen molar-refractivity contribution in [2.24, 2.45) is 0 Å². The van der Waals surface area contributed by atoms with E-state index in [0.717, 1.165) is 10.3 Å². The van der Waals surface area contributed by atoms with Crippen molar-refractivity contribution >= 4 is 32.6 Å². The van der Waals surface area contributed by atoms with Crippen LogP contribution in [0.1, 0.15) is 12.7 Å². The van der Waals surface area contributed by atoms with Crippen LogP contribution in [-0.2, 0) is 13.1 Å². The largest absolute Gasteiger partial charge is 0.327 e. The molecule has 0 saturated carbocycles. The number of halogens is 1. The number of aromatic nitrogens is 4. The molecule has 0 aliphatic carbocycles. The van der Waals surface area contributed by atoms with E-state index in [1.165, 1.54) is 28.3 Å². The molecule has 0 fully saturated rings. The van der Waals surface area contributed by atoms with Crippen molar-refractivity contribution in [1.82, 2.24) is 19.1 Å². The van der Waals surface area contributed by atoms with Gasteiger partial charge in [-0.05, 0) is 30.5 Å². The SMILES string of the molecule is CCn1c(Cn2cnc3sccc3c2=O)nc2c(F)cccc21. The average molecular weight is 328 g/mol. The molecule has 0 atom stereocenters. The van der Waals surface area contributed by atoms with Crippen LogP contribution < -0.4 is 5.56 Å². The van der Waals surface area contributed by atoms with Crippen molar-refractivity contribution < 1.29 is 4.39 Å². The van der Waals surface area contributed by atoms with E-state index in [-0.39, 0.29) is 17.9 Å². The van der Waals surface area contributed by atoms with Crippen molar-refractivity contribution in [2.75, 3.05) is 0 Å². The van der Waals surface area contributed by atoms with Crippen LogP contribution in [0.2, 0.25) is 0 Å². The normalized spacial score (nSPS) is 11.6. The molecule has 4 aromatic rings. The van der Waals surface area contributed by atoms with Gasteiger partial charge in [0.05, 0.1) is 23.8 Å². The number of nitrogens with zero attached hydrogens (tertiary/aromatic N) is 4. The number of hydrogen-bond donors (Lipinski definition) is 0. The van der Waals surface area contributed by atoms with Gasteiger partial charge in [-0.3, -0.25) is 9.36 Å². The lowest BCUT2D eigenvalue weighted by Crippen LogP contribution is -2.22. The minimum absolute atomic E-state index is 0.105. The molecule has 116 valence electrons. The zero-order valence-corrected chi connectivity index (χ0v) is 13.2. The van der Waals surface area contributed by atoms with E-state index in [0.29, 0.717) is 23.3 Å². The van der Waals surface area contributed by atoms with Crippen LogP contribution in [0.4, 0.5) is 4.39 Å². The lowest BCUT2D eigenvalue weighted by Gasteiger charge is -2.08. The highest BCUT2D eigenvalue weighted by Crippen LogP contribution is 2.20. The molecule has 0 saturated heterocycles. The third-order valence-corrected chi connectivity index (χ3v) is 4.71. The van der Waals surface area contributed by atoms with Crippen LogP contribution in [0.3, 0.4) is 0 Å². The quantitative estimate of drug-likeness (QED) is 0.581. The van der Waals surface area contributed by atoms with Gasteiger partial charge in [-0.2, -0.15) is 0 Å². The molecule has 0 N–H and O–H groups in total. The Bertz CT molecular complexity index is 1080. The smallest absolute Gasteiger partial charge is 0.262 e. The second-order valence-corrected chi connectivity index (χ2v) is 6.09. The summed E-state index contributed by atoms with van der Waals surface area (Å²) < 4.78 is 17.4. The molecule has 0 radical (unpaired) electrons. The van der Waals surface area contributed by atoms with Gasteiger partial charge in [-0.25, -0.2) is 14.4 Å². The van der Waals surface area contributed by atoms with Gasteiger partial charge in [-0.15, -0.1) is 11.3 Å². The highest BCUT2D eigenvalue weighted by Gasteiger charge is 2.14. The van der Waals surface area contributed by atoms with Gasteiger partial charge < -0.3 is 4.57 Å². The number of imidazole rings is 1. The first-order valence-corrected chi connectivity index (χ1v) is 8.13. The van der Waals surface area contributed by atoms with Crippen molar-refractivity contribution in [1.29, 1.82) is 0 Å². The molecule has 4 rings (SSSR count). The predicted molar refractivity (Wildman–Crippen MR) is 88.3 cm³/mol. The minimum atomic E-state index is -0.352. The summed E-state index contributed by atoms with van der Waals surface area (Å²) in [5, 5.41) is 2.45. The molecule has 0 bridgehead atoms. The summed E-state index contributed by atoms with van der Waals surface area (Å²) in [7, 11) is 0. The predicted octanol–water partition coefficient (Wildman–Crippen LogP) is 3.02. The fraction of sp³-hybridized carbons (Fsp3) is 0.188. The van der Waals surface area contributed by atoms with Gasteiger partial charge in [0.1, 0.15) is 16.2 Å². The highest BCUT2D eigenvalue weighted by atomic mass is 32.1. The molecule has 0 unspecified atom stereocenters. The third kappa shape index (κ3) is 2.16. The zero-order valence-electron chi connectivity index (χ0n) is 12.4. The summed E-state index contributed by atoms with van der Waals surface area (Å²) in [6.07, 6.45) is 1.52. The number of para-hydroxylation sites is 1. The first-order valence-electron chi connectivity index (χ1n) is 7.25. The molecule has 0 amide bonds. The maximum atomic E-state index is 13.9. The molecule has 23 heavy (non-hydrogen) atoms. The van der Waals surface area contributed by atoms with Gasteiger partial charge in [0.15, 0.2) is 5.82 Å². The lowest BCUT2D eigenvalue weighted by molar-refractivity contribution is 0.635. The Labute approximate surface area is 134 Å². The Kier molecular flexibility index (Phi) is 3.23. The summed E-state index contributed by atoms with van der Waals surface area (Å²) in [6, 6.07) is 6.67. The Balaban J connectivity index is 1.87. The number of rotatable bonds is 3. The highest BCUT2D eigenvalue weighted by molar-refractivity contribution is 7.16. The van der Waals surface area contributed by atoms with Crippen LogP contribution in [0.15, 0.2) is 40.8 Å². The number of benzene rings is 1. The summed E-state index contributed by atoms with van der Waals surface area (Å²) in [5.41, 5.74) is 0.966. The second-order valence-electron chi connectivity index (χ2n) is 5.20. The second kappa shape index (κ2) is 5.27. The lowest BCUT2D eigenvalue weighted by atomic mass is 10.3. The van der Waals surface area contributed by atoms with Gasteiger partial charge in [0.2, 0.25) is 0 Å². The van der Waals surface area contributed by atoms with Crippen LogP contribution in [0.5, 0.6) is 0 Å². The van der Waals surface area contributed by atoms with Crippen molar-refractivity contribution in [3.8, 4) is 0 Å². The molecule has 1 aromatic carbocycles. The van der Waals surface area contributed by atoms with E-state index in [4.69, 9.17) is 0 Å². The number of fused-ring (bicyclic) bond motifs is 2. The minimum Gasteiger partial charge on any atom is -0.327 e. The monoisotopic (exact) mass is 328 g/mol. The van der Waals surface area contributed by atoms with Crippen LogP contribution in [0.25, 0.3) is 21.3 Å². The van der Waals surface area contributed by atoms with Gasteiger partial charge in [0.25, 0.3) is 5.56 Å². The average Bonchev–Trinajstić information content (AvgIpc) is 3.15. The molecule has 7 heteroatoms. The number of hydrogen-bond acceptors (Lipinski definition) is 4. The van der Waals surface area contributed by atoms with E-state index in [2.05, 4.69) is 9.97 Å². The van der Waals surface area contributed by atoms with Crippen LogP contribution in [0, 0.1) is 5.82 Å². The maximum Gasteiger partial charge on any atom is 0.262 e. The Morgan fingerprint density at radius 3 is 3.00 bits per heavy atom. The van der Waals surface area contributed by atoms with E-state index in [1.807, 2.05) is 22.9 Å². The Morgan fingerprint density at radius 1 is 1.30 bits per heavy atom. The molecular formula is C16H13FN4OS. The van der Waals surface area contributed by atoms with Gasteiger partial charge in [-0.1, -0.05) is 6.07 Å². The number of thiophene rings is 1. The third-order valence-electron chi connectivity index (χ3n) is 3.89. The summed E-state index contributed by atoms with van der Waals surface area (Å²) in [4.78, 5) is 21.9.